The maximum absolute atomic E-state index is 11.8. The molecule has 0 aliphatic heterocycles. The number of aromatic nitrogens is 2. The summed E-state index contributed by atoms with van der Waals surface area (Å²) in [4.78, 5) is 22.1. The number of nitrogens with zero attached hydrogens (tertiary/aromatic N) is 3. The van der Waals surface area contributed by atoms with Gasteiger partial charge in [0.2, 0.25) is 5.95 Å². The molecule has 0 saturated heterocycles. The molecule has 0 atom stereocenters. The van der Waals surface area contributed by atoms with Crippen LogP contribution in [0.5, 0.6) is 0 Å². The van der Waals surface area contributed by atoms with Gasteiger partial charge in [0, 0.05) is 26.8 Å². The SMILES string of the molecule is Cc1nc(N(C)C)ncc1C(=O)NCC(C)C. The van der Waals surface area contributed by atoms with Crippen molar-refractivity contribution in [3.63, 3.8) is 0 Å². The lowest BCUT2D eigenvalue weighted by molar-refractivity contribution is 0.0947. The lowest BCUT2D eigenvalue weighted by Crippen LogP contribution is -2.28. The zero-order chi connectivity index (χ0) is 13.0. The third-order valence-electron chi connectivity index (χ3n) is 2.28. The molecule has 1 N–H and O–H groups in total. The van der Waals surface area contributed by atoms with Crippen LogP contribution in [0.2, 0.25) is 0 Å². The number of anilines is 1. The molecule has 1 aromatic rings. The third-order valence-corrected chi connectivity index (χ3v) is 2.28. The van der Waals surface area contributed by atoms with Gasteiger partial charge in [0.15, 0.2) is 0 Å². The topological polar surface area (TPSA) is 58.1 Å². The first-order valence-electron chi connectivity index (χ1n) is 5.71. The van der Waals surface area contributed by atoms with Crippen molar-refractivity contribution in [2.45, 2.75) is 20.8 Å². The van der Waals surface area contributed by atoms with Crippen molar-refractivity contribution in [3.05, 3.63) is 17.5 Å². The van der Waals surface area contributed by atoms with E-state index in [1.807, 2.05) is 25.9 Å². The summed E-state index contributed by atoms with van der Waals surface area (Å²) >= 11 is 0. The molecule has 1 amide bonds. The molecule has 0 unspecified atom stereocenters. The summed E-state index contributed by atoms with van der Waals surface area (Å²) in [5, 5.41) is 2.86. The van der Waals surface area contributed by atoms with Gasteiger partial charge in [-0.15, -0.1) is 0 Å². The highest BCUT2D eigenvalue weighted by Crippen LogP contribution is 2.08. The second-order valence-electron chi connectivity index (χ2n) is 4.67. The Morgan fingerprint density at radius 2 is 2.12 bits per heavy atom. The van der Waals surface area contributed by atoms with Crippen LogP contribution in [0.4, 0.5) is 5.95 Å². The van der Waals surface area contributed by atoms with E-state index in [4.69, 9.17) is 0 Å². The van der Waals surface area contributed by atoms with Crippen molar-refractivity contribution in [1.29, 1.82) is 0 Å². The van der Waals surface area contributed by atoms with E-state index in [0.29, 0.717) is 29.7 Å². The number of hydrogen-bond acceptors (Lipinski definition) is 4. The van der Waals surface area contributed by atoms with Gasteiger partial charge in [-0.05, 0) is 12.8 Å². The van der Waals surface area contributed by atoms with Gasteiger partial charge in [0.1, 0.15) is 0 Å². The standard InChI is InChI=1S/C12H20N4O/c1-8(2)6-13-11(17)10-7-14-12(16(4)5)15-9(10)3/h7-8H,6H2,1-5H3,(H,13,17). The summed E-state index contributed by atoms with van der Waals surface area (Å²) in [6.45, 7) is 6.59. The smallest absolute Gasteiger partial charge is 0.254 e. The van der Waals surface area contributed by atoms with Crippen LogP contribution in [-0.4, -0.2) is 36.5 Å². The molecule has 0 aliphatic carbocycles. The summed E-state index contributed by atoms with van der Waals surface area (Å²) in [7, 11) is 3.74. The summed E-state index contributed by atoms with van der Waals surface area (Å²) in [5.41, 5.74) is 1.24. The van der Waals surface area contributed by atoms with Crippen LogP contribution in [0.25, 0.3) is 0 Å². The highest BCUT2D eigenvalue weighted by Gasteiger charge is 2.12. The van der Waals surface area contributed by atoms with E-state index in [1.54, 1.807) is 6.20 Å². The zero-order valence-corrected chi connectivity index (χ0v) is 11.1. The van der Waals surface area contributed by atoms with Crippen LogP contribution in [0.15, 0.2) is 6.20 Å². The number of aryl methyl sites for hydroxylation is 1. The van der Waals surface area contributed by atoms with Gasteiger partial charge < -0.3 is 10.2 Å². The van der Waals surface area contributed by atoms with E-state index < -0.39 is 0 Å². The van der Waals surface area contributed by atoms with Crippen LogP contribution >= 0.6 is 0 Å². The van der Waals surface area contributed by atoms with Crippen LogP contribution in [0.3, 0.4) is 0 Å². The molecule has 1 rings (SSSR count). The van der Waals surface area contributed by atoms with Crippen molar-refractivity contribution in [2.75, 3.05) is 25.5 Å². The van der Waals surface area contributed by atoms with Gasteiger partial charge in [0.25, 0.3) is 5.91 Å². The van der Waals surface area contributed by atoms with Crippen molar-refractivity contribution in [1.82, 2.24) is 15.3 Å². The monoisotopic (exact) mass is 236 g/mol. The first kappa shape index (κ1) is 13.4. The molecule has 17 heavy (non-hydrogen) atoms. The molecule has 5 heteroatoms. The van der Waals surface area contributed by atoms with Crippen LogP contribution in [0.1, 0.15) is 29.9 Å². The molecule has 0 fully saturated rings. The maximum Gasteiger partial charge on any atom is 0.254 e. The summed E-state index contributed by atoms with van der Waals surface area (Å²) in [5.74, 6) is 0.936. The van der Waals surface area contributed by atoms with Crippen LogP contribution in [-0.2, 0) is 0 Å². The number of hydrogen-bond donors (Lipinski definition) is 1. The number of carbonyl (C=O) groups excluding carboxylic acids is 1. The zero-order valence-electron chi connectivity index (χ0n) is 11.1. The summed E-state index contributed by atoms with van der Waals surface area (Å²) < 4.78 is 0. The highest BCUT2D eigenvalue weighted by molar-refractivity contribution is 5.94. The van der Waals surface area contributed by atoms with E-state index in [2.05, 4.69) is 29.1 Å². The Morgan fingerprint density at radius 3 is 2.59 bits per heavy atom. The fourth-order valence-electron chi connectivity index (χ4n) is 1.29. The van der Waals surface area contributed by atoms with E-state index in [1.165, 1.54) is 0 Å². The van der Waals surface area contributed by atoms with Gasteiger partial charge in [-0.1, -0.05) is 13.8 Å². The maximum atomic E-state index is 11.8. The molecule has 0 aromatic carbocycles. The molecule has 0 bridgehead atoms. The van der Waals surface area contributed by atoms with E-state index in [-0.39, 0.29) is 5.91 Å². The molecule has 1 heterocycles. The van der Waals surface area contributed by atoms with Gasteiger partial charge in [0.05, 0.1) is 11.3 Å². The molecule has 1 aromatic heterocycles. The van der Waals surface area contributed by atoms with Crippen molar-refractivity contribution >= 4 is 11.9 Å². The Hall–Kier alpha value is -1.65. The minimum absolute atomic E-state index is 0.110. The minimum atomic E-state index is -0.110. The van der Waals surface area contributed by atoms with Gasteiger partial charge >= 0.3 is 0 Å². The largest absolute Gasteiger partial charge is 0.352 e. The van der Waals surface area contributed by atoms with Crippen molar-refractivity contribution < 1.29 is 4.79 Å². The Bertz CT molecular complexity index is 401. The van der Waals surface area contributed by atoms with E-state index in [9.17, 15) is 4.79 Å². The van der Waals surface area contributed by atoms with Gasteiger partial charge in [-0.2, -0.15) is 0 Å². The summed E-state index contributed by atoms with van der Waals surface area (Å²) in [6, 6.07) is 0. The average Bonchev–Trinajstić information content (AvgIpc) is 2.25. The predicted molar refractivity (Wildman–Crippen MR) is 68.3 cm³/mol. The molecule has 0 spiro atoms. The summed E-state index contributed by atoms with van der Waals surface area (Å²) in [6.07, 6.45) is 1.58. The second-order valence-corrected chi connectivity index (χ2v) is 4.67. The first-order valence-corrected chi connectivity index (χ1v) is 5.71. The highest BCUT2D eigenvalue weighted by atomic mass is 16.1. The molecule has 94 valence electrons. The fraction of sp³-hybridized carbons (Fsp3) is 0.583. The average molecular weight is 236 g/mol. The number of amides is 1. The molecular formula is C12H20N4O. The fourth-order valence-corrected chi connectivity index (χ4v) is 1.29. The van der Waals surface area contributed by atoms with Crippen molar-refractivity contribution in [3.8, 4) is 0 Å². The van der Waals surface area contributed by atoms with Crippen LogP contribution in [0, 0.1) is 12.8 Å². The molecule has 0 radical (unpaired) electrons. The lowest BCUT2D eigenvalue weighted by atomic mass is 10.2. The second kappa shape index (κ2) is 5.61. The van der Waals surface area contributed by atoms with E-state index in [0.717, 1.165) is 0 Å². The Morgan fingerprint density at radius 1 is 1.47 bits per heavy atom. The Balaban J connectivity index is 2.81. The number of carbonyl (C=O) groups is 1. The quantitative estimate of drug-likeness (QED) is 0.854. The third kappa shape index (κ3) is 3.69. The molecule has 5 nitrogen and oxygen atoms in total. The lowest BCUT2D eigenvalue weighted by Gasteiger charge is -2.13. The van der Waals surface area contributed by atoms with Gasteiger partial charge in [-0.25, -0.2) is 9.97 Å². The molecule has 0 saturated carbocycles. The van der Waals surface area contributed by atoms with Gasteiger partial charge in [-0.3, -0.25) is 4.79 Å². The first-order chi connectivity index (χ1) is 7.91. The normalized spacial score (nSPS) is 10.5. The van der Waals surface area contributed by atoms with Crippen LogP contribution < -0.4 is 10.2 Å². The minimum Gasteiger partial charge on any atom is -0.352 e. The predicted octanol–water partition coefficient (Wildman–Crippen LogP) is 1.24. The Kier molecular flexibility index (Phi) is 4.43. The molecule has 0 aliphatic rings. The number of nitrogens with one attached hydrogen (secondary N) is 1. The Labute approximate surface area is 102 Å². The van der Waals surface area contributed by atoms with E-state index >= 15 is 0 Å². The molecular weight excluding hydrogens is 216 g/mol. The van der Waals surface area contributed by atoms with Crippen molar-refractivity contribution in [2.24, 2.45) is 5.92 Å². The number of rotatable bonds is 4.